The molecule has 1 aliphatic carbocycles. The summed E-state index contributed by atoms with van der Waals surface area (Å²) >= 11 is 0. The first-order valence-electron chi connectivity index (χ1n) is 10.4. The Morgan fingerprint density at radius 2 is 1.72 bits per heavy atom. The van der Waals surface area contributed by atoms with Gasteiger partial charge in [-0.3, -0.25) is 9.59 Å². The highest BCUT2D eigenvalue weighted by Crippen LogP contribution is 2.32. The lowest BCUT2D eigenvalue weighted by Gasteiger charge is -2.38. The predicted molar refractivity (Wildman–Crippen MR) is 111 cm³/mol. The van der Waals surface area contributed by atoms with Gasteiger partial charge in [-0.05, 0) is 28.7 Å². The van der Waals surface area contributed by atoms with E-state index in [1.807, 2.05) is 62.4 Å². The zero-order chi connectivity index (χ0) is 20.5. The SMILES string of the molecule is CCC(C)C(=O)N1Cc2ccccc2CC1C(=O)N[C@H]1c2ccccc2C[C@H]1O. The average molecular weight is 392 g/mol. The van der Waals surface area contributed by atoms with Gasteiger partial charge in [0.1, 0.15) is 6.04 Å². The number of nitrogens with one attached hydrogen (secondary N) is 1. The van der Waals surface area contributed by atoms with Crippen molar-refractivity contribution in [2.75, 3.05) is 0 Å². The maximum atomic E-state index is 13.3. The van der Waals surface area contributed by atoms with E-state index in [1.165, 1.54) is 0 Å². The molecule has 2 aromatic rings. The molecule has 0 saturated carbocycles. The summed E-state index contributed by atoms with van der Waals surface area (Å²) in [5, 5.41) is 13.6. The van der Waals surface area contributed by atoms with Crippen molar-refractivity contribution in [2.24, 2.45) is 5.92 Å². The normalized spacial score (nSPS) is 23.8. The molecule has 2 amide bonds. The van der Waals surface area contributed by atoms with E-state index in [9.17, 15) is 14.7 Å². The molecule has 4 rings (SSSR count). The number of fused-ring (bicyclic) bond motifs is 2. The first kappa shape index (κ1) is 19.6. The maximum Gasteiger partial charge on any atom is 0.243 e. The van der Waals surface area contributed by atoms with E-state index in [4.69, 9.17) is 0 Å². The van der Waals surface area contributed by atoms with E-state index < -0.39 is 18.2 Å². The Labute approximate surface area is 171 Å². The summed E-state index contributed by atoms with van der Waals surface area (Å²) < 4.78 is 0. The molecule has 0 fully saturated rings. The van der Waals surface area contributed by atoms with Crippen LogP contribution in [0.25, 0.3) is 0 Å². The first-order chi connectivity index (χ1) is 14.0. The Morgan fingerprint density at radius 3 is 2.45 bits per heavy atom. The molecule has 0 saturated heterocycles. The van der Waals surface area contributed by atoms with Crippen LogP contribution in [0, 0.1) is 5.92 Å². The summed E-state index contributed by atoms with van der Waals surface area (Å²) in [6.45, 7) is 4.34. The standard InChI is InChI=1S/C24H28N2O3/c1-3-15(2)24(29)26-14-18-10-5-4-8-16(18)12-20(26)23(28)25-22-19-11-7-6-9-17(19)13-21(22)27/h4-11,15,20-22,27H,3,12-14H2,1-2H3,(H,25,28)/t15?,20?,21-,22+/m1/s1. The zero-order valence-corrected chi connectivity index (χ0v) is 17.0. The second-order valence-corrected chi connectivity index (χ2v) is 8.22. The minimum absolute atomic E-state index is 0.00882. The van der Waals surface area contributed by atoms with Crippen molar-refractivity contribution in [2.45, 2.75) is 57.8 Å². The van der Waals surface area contributed by atoms with Gasteiger partial charge in [-0.15, -0.1) is 0 Å². The number of nitrogens with zero attached hydrogens (tertiary/aromatic N) is 1. The van der Waals surface area contributed by atoms with Gasteiger partial charge >= 0.3 is 0 Å². The van der Waals surface area contributed by atoms with E-state index >= 15 is 0 Å². The van der Waals surface area contributed by atoms with Crippen LogP contribution >= 0.6 is 0 Å². The van der Waals surface area contributed by atoms with Crippen molar-refractivity contribution < 1.29 is 14.7 Å². The molecular formula is C24H28N2O3. The minimum Gasteiger partial charge on any atom is -0.390 e. The van der Waals surface area contributed by atoms with Gasteiger partial charge in [-0.2, -0.15) is 0 Å². The smallest absolute Gasteiger partial charge is 0.243 e. The van der Waals surface area contributed by atoms with Crippen LogP contribution in [0.1, 0.15) is 48.6 Å². The molecule has 0 spiro atoms. The summed E-state index contributed by atoms with van der Waals surface area (Å²) in [7, 11) is 0. The van der Waals surface area contributed by atoms with Crippen LogP contribution in [-0.2, 0) is 29.0 Å². The molecule has 4 atom stereocenters. The fourth-order valence-electron chi connectivity index (χ4n) is 4.44. The predicted octanol–water partition coefficient (Wildman–Crippen LogP) is 2.76. The summed E-state index contributed by atoms with van der Waals surface area (Å²) in [5.74, 6) is -0.320. The topological polar surface area (TPSA) is 69.6 Å². The third-order valence-electron chi connectivity index (χ3n) is 6.37. The van der Waals surface area contributed by atoms with Gasteiger partial charge in [0.15, 0.2) is 0 Å². The van der Waals surface area contributed by atoms with Crippen LogP contribution in [0.3, 0.4) is 0 Å². The number of benzene rings is 2. The van der Waals surface area contributed by atoms with Crippen molar-refractivity contribution in [1.82, 2.24) is 10.2 Å². The lowest BCUT2D eigenvalue weighted by atomic mass is 9.91. The van der Waals surface area contributed by atoms with Gasteiger partial charge in [-0.25, -0.2) is 0 Å². The number of hydrogen-bond donors (Lipinski definition) is 2. The Hall–Kier alpha value is -2.66. The van der Waals surface area contributed by atoms with Crippen LogP contribution in [0.5, 0.6) is 0 Å². The Kier molecular flexibility index (Phi) is 5.41. The summed E-state index contributed by atoms with van der Waals surface area (Å²) in [5.41, 5.74) is 4.23. The van der Waals surface area contributed by atoms with Gasteiger partial charge in [0.25, 0.3) is 0 Å². The number of aliphatic hydroxyl groups excluding tert-OH is 1. The van der Waals surface area contributed by atoms with Gasteiger partial charge in [0.05, 0.1) is 12.1 Å². The molecular weight excluding hydrogens is 364 g/mol. The number of carbonyl (C=O) groups excluding carboxylic acids is 2. The van der Waals surface area contributed by atoms with Crippen molar-refractivity contribution in [1.29, 1.82) is 0 Å². The van der Waals surface area contributed by atoms with Crippen molar-refractivity contribution >= 4 is 11.8 Å². The van der Waals surface area contributed by atoms with Crippen LogP contribution in [0.2, 0.25) is 0 Å². The lowest BCUT2D eigenvalue weighted by molar-refractivity contribution is -0.145. The molecule has 0 aromatic heterocycles. The largest absolute Gasteiger partial charge is 0.390 e. The van der Waals surface area contributed by atoms with Crippen molar-refractivity contribution in [3.05, 3.63) is 70.8 Å². The fourth-order valence-corrected chi connectivity index (χ4v) is 4.44. The highest BCUT2D eigenvalue weighted by molar-refractivity contribution is 5.89. The third kappa shape index (κ3) is 3.67. The second-order valence-electron chi connectivity index (χ2n) is 8.22. The van der Waals surface area contributed by atoms with Gasteiger partial charge < -0.3 is 15.3 Å². The van der Waals surface area contributed by atoms with Crippen LogP contribution in [0.15, 0.2) is 48.5 Å². The highest BCUT2D eigenvalue weighted by atomic mass is 16.3. The molecule has 2 aromatic carbocycles. The Morgan fingerprint density at radius 1 is 1.07 bits per heavy atom. The van der Waals surface area contributed by atoms with Crippen LogP contribution in [0.4, 0.5) is 0 Å². The van der Waals surface area contributed by atoms with Gasteiger partial charge in [-0.1, -0.05) is 62.4 Å². The van der Waals surface area contributed by atoms with E-state index in [0.717, 1.165) is 28.7 Å². The number of rotatable bonds is 4. The molecule has 1 heterocycles. The van der Waals surface area contributed by atoms with E-state index in [0.29, 0.717) is 19.4 Å². The molecule has 2 aliphatic rings. The lowest BCUT2D eigenvalue weighted by Crippen LogP contribution is -2.54. The van der Waals surface area contributed by atoms with Crippen molar-refractivity contribution in [3.63, 3.8) is 0 Å². The summed E-state index contributed by atoms with van der Waals surface area (Å²) in [4.78, 5) is 28.1. The molecule has 1 aliphatic heterocycles. The fraction of sp³-hybridized carbons (Fsp3) is 0.417. The first-order valence-corrected chi connectivity index (χ1v) is 10.4. The van der Waals surface area contributed by atoms with Crippen LogP contribution in [-0.4, -0.2) is 34.0 Å². The molecule has 29 heavy (non-hydrogen) atoms. The van der Waals surface area contributed by atoms with Crippen molar-refractivity contribution in [3.8, 4) is 0 Å². The van der Waals surface area contributed by atoms with E-state index in [2.05, 4.69) is 5.32 Å². The number of carbonyl (C=O) groups is 2. The molecule has 2 N–H and O–H groups in total. The Balaban J connectivity index is 1.60. The summed E-state index contributed by atoms with van der Waals surface area (Å²) in [6, 6.07) is 14.8. The van der Waals surface area contributed by atoms with E-state index in [1.54, 1.807) is 4.90 Å². The van der Waals surface area contributed by atoms with E-state index in [-0.39, 0.29) is 17.7 Å². The molecule has 0 radical (unpaired) electrons. The molecule has 5 heteroatoms. The quantitative estimate of drug-likeness (QED) is 0.841. The molecule has 152 valence electrons. The molecule has 0 bridgehead atoms. The highest BCUT2D eigenvalue weighted by Gasteiger charge is 2.39. The van der Waals surface area contributed by atoms with Gasteiger partial charge in [0.2, 0.25) is 11.8 Å². The van der Waals surface area contributed by atoms with Crippen LogP contribution < -0.4 is 5.32 Å². The maximum absolute atomic E-state index is 13.3. The Bertz CT molecular complexity index is 926. The monoisotopic (exact) mass is 392 g/mol. The third-order valence-corrected chi connectivity index (χ3v) is 6.37. The molecule has 2 unspecified atom stereocenters. The second kappa shape index (κ2) is 7.99. The molecule has 5 nitrogen and oxygen atoms in total. The summed E-state index contributed by atoms with van der Waals surface area (Å²) in [6.07, 6.45) is 1.12. The number of aliphatic hydroxyl groups is 1. The number of hydrogen-bond acceptors (Lipinski definition) is 3. The van der Waals surface area contributed by atoms with Gasteiger partial charge in [0, 0.05) is 25.3 Å². The zero-order valence-electron chi connectivity index (χ0n) is 17.0. The average Bonchev–Trinajstić information content (AvgIpc) is 3.06. The minimum atomic E-state index is -0.647. The number of amides is 2.